The average molecular weight is 354 g/mol. The SMILES string of the molecule is CC(C)(C(=O)Nc1ccccc1F)C(=O)Nc1ccc(F)c(F)c1F. The van der Waals surface area contributed by atoms with Crippen LogP contribution in [0.15, 0.2) is 36.4 Å². The number of amides is 2. The van der Waals surface area contributed by atoms with Crippen molar-refractivity contribution >= 4 is 23.2 Å². The molecule has 132 valence electrons. The maximum Gasteiger partial charge on any atom is 0.239 e. The molecule has 0 heterocycles. The molecule has 0 saturated carbocycles. The van der Waals surface area contributed by atoms with E-state index < -0.39 is 46.2 Å². The molecule has 2 aromatic carbocycles. The zero-order valence-corrected chi connectivity index (χ0v) is 13.3. The van der Waals surface area contributed by atoms with E-state index in [1.54, 1.807) is 0 Å². The second kappa shape index (κ2) is 6.92. The van der Waals surface area contributed by atoms with Crippen molar-refractivity contribution in [2.24, 2.45) is 5.41 Å². The van der Waals surface area contributed by atoms with Gasteiger partial charge in [-0.1, -0.05) is 12.1 Å². The van der Waals surface area contributed by atoms with Gasteiger partial charge in [0.05, 0.1) is 11.4 Å². The van der Waals surface area contributed by atoms with E-state index >= 15 is 0 Å². The fourth-order valence-corrected chi connectivity index (χ4v) is 1.85. The zero-order valence-electron chi connectivity index (χ0n) is 13.3. The first-order chi connectivity index (χ1) is 11.6. The van der Waals surface area contributed by atoms with Crippen LogP contribution in [0.5, 0.6) is 0 Å². The van der Waals surface area contributed by atoms with Gasteiger partial charge in [0.2, 0.25) is 11.8 Å². The highest BCUT2D eigenvalue weighted by molar-refractivity contribution is 6.14. The molecule has 2 amide bonds. The van der Waals surface area contributed by atoms with Crippen molar-refractivity contribution in [1.29, 1.82) is 0 Å². The van der Waals surface area contributed by atoms with Gasteiger partial charge in [-0.05, 0) is 38.1 Å². The van der Waals surface area contributed by atoms with Gasteiger partial charge in [0, 0.05) is 0 Å². The lowest BCUT2D eigenvalue weighted by atomic mass is 9.90. The van der Waals surface area contributed by atoms with E-state index in [0.717, 1.165) is 12.1 Å². The number of carbonyl (C=O) groups is 2. The number of benzene rings is 2. The summed E-state index contributed by atoms with van der Waals surface area (Å²) in [6.07, 6.45) is 0. The lowest BCUT2D eigenvalue weighted by Crippen LogP contribution is -2.42. The number of para-hydroxylation sites is 1. The van der Waals surface area contributed by atoms with E-state index in [0.29, 0.717) is 6.07 Å². The van der Waals surface area contributed by atoms with Gasteiger partial charge >= 0.3 is 0 Å². The number of carbonyl (C=O) groups excluding carboxylic acids is 2. The molecule has 0 aliphatic heterocycles. The van der Waals surface area contributed by atoms with Crippen molar-refractivity contribution in [3.8, 4) is 0 Å². The molecule has 2 N–H and O–H groups in total. The summed E-state index contributed by atoms with van der Waals surface area (Å²) in [5, 5.41) is 4.27. The molecule has 0 fully saturated rings. The first kappa shape index (κ1) is 18.4. The van der Waals surface area contributed by atoms with Crippen LogP contribution >= 0.6 is 0 Å². The molecule has 2 rings (SSSR count). The largest absolute Gasteiger partial charge is 0.323 e. The Morgan fingerprint density at radius 1 is 0.760 bits per heavy atom. The first-order valence-corrected chi connectivity index (χ1v) is 7.15. The van der Waals surface area contributed by atoms with Gasteiger partial charge in [-0.3, -0.25) is 9.59 Å². The molecule has 4 nitrogen and oxygen atoms in total. The second-order valence-electron chi connectivity index (χ2n) is 5.74. The van der Waals surface area contributed by atoms with Crippen molar-refractivity contribution in [3.05, 3.63) is 59.7 Å². The van der Waals surface area contributed by atoms with Crippen LogP contribution in [-0.2, 0) is 9.59 Å². The summed E-state index contributed by atoms with van der Waals surface area (Å²) in [5.74, 6) is -7.28. The molecule has 25 heavy (non-hydrogen) atoms. The predicted octanol–water partition coefficient (Wildman–Crippen LogP) is 3.85. The number of nitrogens with one attached hydrogen (secondary N) is 2. The van der Waals surface area contributed by atoms with Crippen LogP contribution in [0, 0.1) is 28.7 Å². The fraction of sp³-hybridized carbons (Fsp3) is 0.176. The number of anilines is 2. The van der Waals surface area contributed by atoms with Crippen LogP contribution in [0.4, 0.5) is 28.9 Å². The van der Waals surface area contributed by atoms with Gasteiger partial charge in [0.1, 0.15) is 11.2 Å². The lowest BCUT2D eigenvalue weighted by molar-refractivity contribution is -0.135. The number of halogens is 4. The first-order valence-electron chi connectivity index (χ1n) is 7.15. The highest BCUT2D eigenvalue weighted by Crippen LogP contribution is 2.25. The summed E-state index contributed by atoms with van der Waals surface area (Å²) in [5.41, 5.74) is -2.50. The minimum absolute atomic E-state index is 0.132. The minimum Gasteiger partial charge on any atom is -0.323 e. The van der Waals surface area contributed by atoms with Gasteiger partial charge in [-0.15, -0.1) is 0 Å². The van der Waals surface area contributed by atoms with E-state index in [9.17, 15) is 27.2 Å². The van der Waals surface area contributed by atoms with Crippen LogP contribution in [0.2, 0.25) is 0 Å². The highest BCUT2D eigenvalue weighted by Gasteiger charge is 2.37. The molecular weight excluding hydrogens is 340 g/mol. The predicted molar refractivity (Wildman–Crippen MR) is 83.8 cm³/mol. The van der Waals surface area contributed by atoms with Crippen molar-refractivity contribution in [2.45, 2.75) is 13.8 Å². The topological polar surface area (TPSA) is 58.2 Å². The van der Waals surface area contributed by atoms with Gasteiger partial charge in [0.25, 0.3) is 0 Å². The monoisotopic (exact) mass is 354 g/mol. The van der Waals surface area contributed by atoms with Crippen molar-refractivity contribution in [3.63, 3.8) is 0 Å². The zero-order chi connectivity index (χ0) is 18.8. The Hall–Kier alpha value is -2.90. The summed E-state index contributed by atoms with van der Waals surface area (Å²) in [4.78, 5) is 24.5. The Bertz CT molecular complexity index is 837. The van der Waals surface area contributed by atoms with Crippen LogP contribution in [0.1, 0.15) is 13.8 Å². The van der Waals surface area contributed by atoms with E-state index in [2.05, 4.69) is 5.32 Å². The molecule has 0 aromatic heterocycles. The van der Waals surface area contributed by atoms with Gasteiger partial charge in [0.15, 0.2) is 17.5 Å². The molecule has 0 radical (unpaired) electrons. The summed E-state index contributed by atoms with van der Waals surface area (Å²) in [6.45, 7) is 2.44. The van der Waals surface area contributed by atoms with Crippen molar-refractivity contribution in [1.82, 2.24) is 0 Å². The highest BCUT2D eigenvalue weighted by atomic mass is 19.2. The van der Waals surface area contributed by atoms with E-state index in [1.165, 1.54) is 32.0 Å². The molecule has 0 atom stereocenters. The van der Waals surface area contributed by atoms with Crippen molar-refractivity contribution < 1.29 is 27.2 Å². The maximum absolute atomic E-state index is 13.6. The molecule has 0 aliphatic rings. The van der Waals surface area contributed by atoms with E-state index in [1.807, 2.05) is 5.32 Å². The number of hydrogen-bond donors (Lipinski definition) is 2. The quantitative estimate of drug-likeness (QED) is 0.498. The summed E-state index contributed by atoms with van der Waals surface area (Å²) in [7, 11) is 0. The summed E-state index contributed by atoms with van der Waals surface area (Å²) >= 11 is 0. The maximum atomic E-state index is 13.6. The Balaban J connectivity index is 2.18. The average Bonchev–Trinajstić information content (AvgIpc) is 2.57. The third kappa shape index (κ3) is 3.78. The molecule has 0 unspecified atom stereocenters. The Labute approximate surface area is 140 Å². The smallest absolute Gasteiger partial charge is 0.239 e. The second-order valence-corrected chi connectivity index (χ2v) is 5.74. The molecule has 0 bridgehead atoms. The van der Waals surface area contributed by atoms with E-state index in [4.69, 9.17) is 0 Å². The standard InChI is InChI=1S/C17H14F4N2O2/c1-17(2,15(24)22-11-6-4-3-5-9(11)18)16(25)23-12-8-7-10(19)13(20)14(12)21/h3-8H,1-2H3,(H,22,24)(H,23,25). The van der Waals surface area contributed by atoms with Crippen LogP contribution in [0.3, 0.4) is 0 Å². The van der Waals surface area contributed by atoms with Crippen molar-refractivity contribution in [2.75, 3.05) is 10.6 Å². The lowest BCUT2D eigenvalue weighted by Gasteiger charge is -2.23. The Morgan fingerprint density at radius 2 is 1.32 bits per heavy atom. The fourth-order valence-electron chi connectivity index (χ4n) is 1.85. The molecule has 0 aliphatic carbocycles. The minimum atomic E-state index is -1.75. The van der Waals surface area contributed by atoms with Crippen LogP contribution in [0.25, 0.3) is 0 Å². The summed E-state index contributed by atoms with van der Waals surface area (Å²) < 4.78 is 53.3. The number of rotatable bonds is 4. The normalized spacial score (nSPS) is 11.1. The van der Waals surface area contributed by atoms with Gasteiger partial charge in [-0.25, -0.2) is 17.6 Å². The molecule has 0 spiro atoms. The number of hydrogen-bond acceptors (Lipinski definition) is 2. The molecule has 8 heteroatoms. The third-order valence-corrected chi connectivity index (χ3v) is 3.54. The molecule has 2 aromatic rings. The van der Waals surface area contributed by atoms with Crippen LogP contribution < -0.4 is 10.6 Å². The Morgan fingerprint density at radius 3 is 1.92 bits per heavy atom. The van der Waals surface area contributed by atoms with Gasteiger partial charge in [-0.2, -0.15) is 0 Å². The summed E-state index contributed by atoms with van der Waals surface area (Å²) in [6, 6.07) is 6.81. The van der Waals surface area contributed by atoms with E-state index in [-0.39, 0.29) is 5.69 Å². The van der Waals surface area contributed by atoms with Gasteiger partial charge < -0.3 is 10.6 Å². The Kier molecular flexibility index (Phi) is 5.10. The third-order valence-electron chi connectivity index (χ3n) is 3.54. The molecular formula is C17H14F4N2O2. The van der Waals surface area contributed by atoms with Crippen LogP contribution in [-0.4, -0.2) is 11.8 Å². The molecule has 0 saturated heterocycles.